The number of fused-ring (bicyclic) bond motifs is 1. The predicted octanol–water partition coefficient (Wildman–Crippen LogP) is 5.30. The Balaban J connectivity index is 2.22. The van der Waals surface area contributed by atoms with Crippen LogP contribution in [0.2, 0.25) is 18.8 Å². The molecule has 0 fully saturated rings. The van der Waals surface area contributed by atoms with Crippen LogP contribution >= 0.6 is 57.7 Å². The first-order chi connectivity index (χ1) is 8.54. The molecule has 0 unspecified atom stereocenters. The lowest BCUT2D eigenvalue weighted by Crippen LogP contribution is -1.79. The van der Waals surface area contributed by atoms with Gasteiger partial charge in [-0.15, -0.1) is 11.3 Å². The summed E-state index contributed by atoms with van der Waals surface area (Å²) < 4.78 is 1.16. The lowest BCUT2D eigenvalue weighted by atomic mass is 10.3. The van der Waals surface area contributed by atoms with Gasteiger partial charge in [-0.3, -0.25) is 0 Å². The van der Waals surface area contributed by atoms with Gasteiger partial charge >= 0.3 is 0 Å². The van der Waals surface area contributed by atoms with Crippen LogP contribution < -0.4 is 0 Å². The monoisotopic (exact) mass is 337 g/mol. The Hall–Kier alpha value is -0.520. The van der Waals surface area contributed by atoms with Crippen molar-refractivity contribution in [1.29, 1.82) is 0 Å². The zero-order valence-electron chi connectivity index (χ0n) is 8.47. The minimum Gasteiger partial charge on any atom is -0.336 e. The number of H-pyrrole nitrogens is 1. The van der Waals surface area contributed by atoms with Gasteiger partial charge in [0.1, 0.15) is 15.3 Å². The van der Waals surface area contributed by atoms with E-state index < -0.39 is 0 Å². The highest BCUT2D eigenvalue weighted by molar-refractivity contribution is 7.20. The molecule has 92 valence electrons. The third-order valence-electron chi connectivity index (χ3n) is 2.30. The van der Waals surface area contributed by atoms with Crippen molar-refractivity contribution in [1.82, 2.24) is 15.0 Å². The van der Waals surface area contributed by atoms with Crippen LogP contribution in [0.25, 0.3) is 22.6 Å². The van der Waals surface area contributed by atoms with E-state index in [4.69, 9.17) is 46.4 Å². The molecule has 18 heavy (non-hydrogen) atoms. The molecular weight excluding hydrogens is 336 g/mol. The Kier molecular flexibility index (Phi) is 3.16. The molecule has 3 rings (SSSR count). The maximum atomic E-state index is 6.07. The fourth-order valence-electron chi connectivity index (χ4n) is 1.53. The first-order valence-corrected chi connectivity index (χ1v) is 7.04. The Bertz CT molecular complexity index is 710. The molecule has 3 aromatic heterocycles. The van der Waals surface area contributed by atoms with Gasteiger partial charge in [0.2, 0.25) is 0 Å². The predicted molar refractivity (Wildman–Crippen MR) is 77.2 cm³/mol. The SMILES string of the molecule is Clc1cc(-c2nc3nc(Cl)c(Cl)cc3[nH]2)c(Cl)s1. The Labute approximate surface area is 126 Å². The minimum atomic E-state index is 0.219. The molecule has 3 aromatic rings. The molecule has 3 nitrogen and oxygen atoms in total. The minimum absolute atomic E-state index is 0.219. The van der Waals surface area contributed by atoms with Crippen molar-refractivity contribution in [3.8, 4) is 11.4 Å². The van der Waals surface area contributed by atoms with Crippen molar-refractivity contribution in [2.45, 2.75) is 0 Å². The summed E-state index contributed by atoms with van der Waals surface area (Å²) >= 11 is 25.0. The van der Waals surface area contributed by atoms with Gasteiger partial charge in [0, 0.05) is 5.56 Å². The van der Waals surface area contributed by atoms with Crippen molar-refractivity contribution in [2.24, 2.45) is 0 Å². The fraction of sp³-hybridized carbons (Fsp3) is 0. The smallest absolute Gasteiger partial charge is 0.179 e. The van der Waals surface area contributed by atoms with Crippen molar-refractivity contribution in [3.63, 3.8) is 0 Å². The third-order valence-corrected chi connectivity index (χ3v) is 4.46. The van der Waals surface area contributed by atoms with Gasteiger partial charge in [0.15, 0.2) is 5.65 Å². The molecule has 8 heteroatoms. The van der Waals surface area contributed by atoms with E-state index in [2.05, 4.69) is 15.0 Å². The number of aromatic amines is 1. The molecule has 0 radical (unpaired) electrons. The summed E-state index contributed by atoms with van der Waals surface area (Å²) in [7, 11) is 0. The summed E-state index contributed by atoms with van der Waals surface area (Å²) in [6.45, 7) is 0. The van der Waals surface area contributed by atoms with Crippen molar-refractivity contribution >= 4 is 68.9 Å². The van der Waals surface area contributed by atoms with E-state index in [1.54, 1.807) is 12.1 Å². The van der Waals surface area contributed by atoms with Crippen LogP contribution in [0.1, 0.15) is 0 Å². The van der Waals surface area contributed by atoms with Gasteiger partial charge in [-0.1, -0.05) is 46.4 Å². The molecule has 0 aliphatic heterocycles. The number of rotatable bonds is 1. The highest BCUT2D eigenvalue weighted by Gasteiger charge is 2.14. The van der Waals surface area contributed by atoms with E-state index in [0.29, 0.717) is 30.7 Å². The second-order valence-corrected chi connectivity index (χ2v) is 6.51. The number of nitrogens with one attached hydrogen (secondary N) is 1. The molecule has 0 saturated carbocycles. The van der Waals surface area contributed by atoms with E-state index >= 15 is 0 Å². The standard InChI is InChI=1S/C10H3Cl4N3S/c11-4-2-5-10(16-7(4)13)17-9(15-5)3-1-6(12)18-8(3)14/h1-2H,(H,15,16,17). The lowest BCUT2D eigenvalue weighted by molar-refractivity contribution is 1.31. The van der Waals surface area contributed by atoms with E-state index in [9.17, 15) is 0 Å². The Morgan fingerprint density at radius 1 is 1.06 bits per heavy atom. The van der Waals surface area contributed by atoms with Crippen LogP contribution in [0, 0.1) is 0 Å². The summed E-state index contributed by atoms with van der Waals surface area (Å²) in [6, 6.07) is 3.42. The molecule has 1 N–H and O–H groups in total. The number of aromatic nitrogens is 3. The maximum absolute atomic E-state index is 6.07. The summed E-state index contributed by atoms with van der Waals surface area (Å²) in [5.41, 5.74) is 1.91. The summed E-state index contributed by atoms with van der Waals surface area (Å²) in [5.74, 6) is 0.587. The van der Waals surface area contributed by atoms with Gasteiger partial charge in [0.05, 0.1) is 14.9 Å². The van der Waals surface area contributed by atoms with Crippen molar-refractivity contribution in [3.05, 3.63) is 31.0 Å². The average Bonchev–Trinajstić information content (AvgIpc) is 2.82. The lowest BCUT2D eigenvalue weighted by Gasteiger charge is -1.92. The molecule has 0 saturated heterocycles. The number of pyridine rings is 1. The first-order valence-electron chi connectivity index (χ1n) is 4.71. The Morgan fingerprint density at radius 2 is 1.83 bits per heavy atom. The van der Waals surface area contributed by atoms with Gasteiger partial charge in [-0.2, -0.15) is 0 Å². The number of imidazole rings is 1. The molecule has 0 aliphatic carbocycles. The van der Waals surface area contributed by atoms with E-state index in [1.807, 2.05) is 0 Å². The average molecular weight is 339 g/mol. The van der Waals surface area contributed by atoms with Crippen molar-refractivity contribution < 1.29 is 0 Å². The second kappa shape index (κ2) is 4.54. The van der Waals surface area contributed by atoms with E-state index in [-0.39, 0.29) is 5.15 Å². The molecule has 0 amide bonds. The van der Waals surface area contributed by atoms with Gasteiger partial charge < -0.3 is 4.98 Å². The molecular formula is C10H3Cl4N3S. The largest absolute Gasteiger partial charge is 0.336 e. The molecule has 3 heterocycles. The topological polar surface area (TPSA) is 41.6 Å². The maximum Gasteiger partial charge on any atom is 0.179 e. The highest BCUT2D eigenvalue weighted by atomic mass is 35.5. The van der Waals surface area contributed by atoms with E-state index in [0.717, 1.165) is 5.56 Å². The van der Waals surface area contributed by atoms with Crippen LogP contribution in [-0.2, 0) is 0 Å². The van der Waals surface area contributed by atoms with E-state index in [1.165, 1.54) is 11.3 Å². The molecule has 0 atom stereocenters. The first kappa shape index (κ1) is 12.5. The van der Waals surface area contributed by atoms with Gasteiger partial charge in [-0.25, -0.2) is 9.97 Å². The van der Waals surface area contributed by atoms with Gasteiger partial charge in [-0.05, 0) is 12.1 Å². The Morgan fingerprint density at radius 3 is 2.50 bits per heavy atom. The number of halogens is 4. The highest BCUT2D eigenvalue weighted by Crippen LogP contribution is 2.37. The van der Waals surface area contributed by atoms with Crippen LogP contribution in [0.5, 0.6) is 0 Å². The normalized spacial score (nSPS) is 11.3. The molecule has 0 bridgehead atoms. The zero-order chi connectivity index (χ0) is 12.9. The van der Waals surface area contributed by atoms with Crippen LogP contribution in [0.3, 0.4) is 0 Å². The summed E-state index contributed by atoms with van der Waals surface area (Å²) in [5, 5.41) is 0.588. The number of hydrogen-bond donors (Lipinski definition) is 1. The van der Waals surface area contributed by atoms with Crippen LogP contribution in [0.15, 0.2) is 12.1 Å². The number of nitrogens with zero attached hydrogens (tertiary/aromatic N) is 2. The molecule has 0 aliphatic rings. The van der Waals surface area contributed by atoms with Gasteiger partial charge in [0.25, 0.3) is 0 Å². The summed E-state index contributed by atoms with van der Waals surface area (Å²) in [6.07, 6.45) is 0. The number of thiophene rings is 1. The van der Waals surface area contributed by atoms with Crippen LogP contribution in [-0.4, -0.2) is 15.0 Å². The fourth-order valence-corrected chi connectivity index (χ4v) is 3.28. The number of hydrogen-bond acceptors (Lipinski definition) is 3. The zero-order valence-corrected chi connectivity index (χ0v) is 12.3. The quantitative estimate of drug-likeness (QED) is 0.611. The second-order valence-electron chi connectivity index (χ2n) is 3.46. The van der Waals surface area contributed by atoms with Crippen LogP contribution in [0.4, 0.5) is 0 Å². The van der Waals surface area contributed by atoms with Crippen molar-refractivity contribution in [2.75, 3.05) is 0 Å². The third kappa shape index (κ3) is 2.08. The molecule has 0 aromatic carbocycles. The molecule has 0 spiro atoms. The summed E-state index contributed by atoms with van der Waals surface area (Å²) in [4.78, 5) is 11.5.